The number of rotatable bonds is 4. The number of amides is 1. The summed E-state index contributed by atoms with van der Waals surface area (Å²) in [4.78, 5) is 12.4. The zero-order valence-corrected chi connectivity index (χ0v) is 12.4. The Balaban J connectivity index is 2.21. The van der Waals surface area contributed by atoms with Gasteiger partial charge < -0.3 is 25.6 Å². The van der Waals surface area contributed by atoms with Crippen molar-refractivity contribution in [3.8, 4) is 11.5 Å². The number of aliphatic hydroxyl groups is 1. The van der Waals surface area contributed by atoms with Crippen LogP contribution < -0.4 is 20.5 Å². The Morgan fingerprint density at radius 2 is 2.00 bits per heavy atom. The Bertz CT molecular complexity index is 519. The summed E-state index contributed by atoms with van der Waals surface area (Å²) >= 11 is 0. The van der Waals surface area contributed by atoms with Crippen molar-refractivity contribution in [1.29, 1.82) is 0 Å². The van der Waals surface area contributed by atoms with Gasteiger partial charge in [-0.15, -0.1) is 0 Å². The molecule has 116 valence electrons. The molecule has 21 heavy (non-hydrogen) atoms. The van der Waals surface area contributed by atoms with Crippen LogP contribution in [0, 0.1) is 0 Å². The first kappa shape index (κ1) is 15.4. The largest absolute Gasteiger partial charge is 0.497 e. The lowest BCUT2D eigenvalue weighted by Crippen LogP contribution is -2.45. The SMILES string of the molecule is COc1cc(OC)c(N)c(C(=O)N[C@H]2CCCC[C@@H]2O)c1. The average Bonchev–Trinajstić information content (AvgIpc) is 2.49. The third-order valence-corrected chi connectivity index (χ3v) is 3.86. The summed E-state index contributed by atoms with van der Waals surface area (Å²) in [6, 6.07) is 2.96. The molecule has 0 spiro atoms. The predicted octanol–water partition coefficient (Wildman–Crippen LogP) is 1.32. The van der Waals surface area contributed by atoms with E-state index in [-0.39, 0.29) is 17.6 Å². The number of hydrogen-bond acceptors (Lipinski definition) is 5. The molecule has 6 nitrogen and oxygen atoms in total. The molecule has 0 saturated heterocycles. The minimum absolute atomic E-state index is 0.233. The number of hydrogen-bond donors (Lipinski definition) is 3. The molecule has 1 aliphatic carbocycles. The fraction of sp³-hybridized carbons (Fsp3) is 0.533. The van der Waals surface area contributed by atoms with Crippen LogP contribution in [-0.2, 0) is 0 Å². The monoisotopic (exact) mass is 294 g/mol. The van der Waals surface area contributed by atoms with Gasteiger partial charge in [-0.3, -0.25) is 4.79 Å². The molecule has 2 rings (SSSR count). The second-order valence-electron chi connectivity index (χ2n) is 5.22. The molecular weight excluding hydrogens is 272 g/mol. The number of nitrogens with two attached hydrogens (primary N) is 1. The van der Waals surface area contributed by atoms with Crippen molar-refractivity contribution in [2.75, 3.05) is 20.0 Å². The van der Waals surface area contributed by atoms with Crippen molar-refractivity contribution in [3.05, 3.63) is 17.7 Å². The van der Waals surface area contributed by atoms with E-state index >= 15 is 0 Å². The van der Waals surface area contributed by atoms with Crippen LogP contribution in [-0.4, -0.2) is 37.4 Å². The van der Waals surface area contributed by atoms with Crippen LogP contribution in [0.15, 0.2) is 12.1 Å². The molecule has 1 saturated carbocycles. The van der Waals surface area contributed by atoms with Gasteiger partial charge in [-0.2, -0.15) is 0 Å². The fourth-order valence-electron chi connectivity index (χ4n) is 2.60. The fourth-order valence-corrected chi connectivity index (χ4v) is 2.60. The van der Waals surface area contributed by atoms with E-state index in [0.717, 1.165) is 19.3 Å². The van der Waals surface area contributed by atoms with Crippen LogP contribution in [0.25, 0.3) is 0 Å². The minimum atomic E-state index is -0.503. The minimum Gasteiger partial charge on any atom is -0.497 e. The molecule has 4 N–H and O–H groups in total. The maximum absolute atomic E-state index is 12.4. The van der Waals surface area contributed by atoms with Gasteiger partial charge in [0.1, 0.15) is 11.5 Å². The zero-order chi connectivity index (χ0) is 15.4. The molecule has 1 aromatic carbocycles. The van der Waals surface area contributed by atoms with Crippen molar-refractivity contribution >= 4 is 11.6 Å². The van der Waals surface area contributed by atoms with Crippen LogP contribution in [0.5, 0.6) is 11.5 Å². The summed E-state index contributed by atoms with van der Waals surface area (Å²) in [5.41, 5.74) is 6.51. The van der Waals surface area contributed by atoms with Gasteiger partial charge in [0.05, 0.1) is 37.6 Å². The van der Waals surface area contributed by atoms with E-state index < -0.39 is 6.10 Å². The number of anilines is 1. The lowest BCUT2D eigenvalue weighted by molar-refractivity contribution is 0.0717. The number of ether oxygens (including phenoxy) is 2. The van der Waals surface area contributed by atoms with Crippen molar-refractivity contribution < 1.29 is 19.4 Å². The lowest BCUT2D eigenvalue weighted by Gasteiger charge is -2.28. The Morgan fingerprint density at radius 3 is 2.62 bits per heavy atom. The number of nitrogens with one attached hydrogen (secondary N) is 1. The summed E-state index contributed by atoms with van der Waals surface area (Å²) < 4.78 is 10.3. The highest BCUT2D eigenvalue weighted by molar-refractivity contribution is 6.01. The molecule has 1 fully saturated rings. The molecule has 0 bridgehead atoms. The van der Waals surface area contributed by atoms with Gasteiger partial charge in [-0.05, 0) is 18.9 Å². The van der Waals surface area contributed by atoms with Gasteiger partial charge in [-0.1, -0.05) is 12.8 Å². The smallest absolute Gasteiger partial charge is 0.253 e. The molecule has 1 aromatic rings. The molecule has 0 aromatic heterocycles. The topological polar surface area (TPSA) is 93.8 Å². The van der Waals surface area contributed by atoms with Gasteiger partial charge in [0.25, 0.3) is 5.91 Å². The first-order valence-corrected chi connectivity index (χ1v) is 7.07. The van der Waals surface area contributed by atoms with Crippen molar-refractivity contribution in [1.82, 2.24) is 5.32 Å². The number of carbonyl (C=O) groups excluding carboxylic acids is 1. The summed E-state index contributed by atoms with van der Waals surface area (Å²) in [6.45, 7) is 0. The van der Waals surface area contributed by atoms with E-state index in [4.69, 9.17) is 15.2 Å². The normalized spacial score (nSPS) is 21.7. The maximum atomic E-state index is 12.4. The van der Waals surface area contributed by atoms with Crippen LogP contribution in [0.1, 0.15) is 36.0 Å². The van der Waals surface area contributed by atoms with Crippen molar-refractivity contribution in [2.45, 2.75) is 37.8 Å². The van der Waals surface area contributed by atoms with Gasteiger partial charge in [0.2, 0.25) is 0 Å². The van der Waals surface area contributed by atoms with Crippen molar-refractivity contribution in [2.24, 2.45) is 0 Å². The number of methoxy groups -OCH3 is 2. The van der Waals surface area contributed by atoms with Crippen molar-refractivity contribution in [3.63, 3.8) is 0 Å². The molecule has 6 heteroatoms. The van der Waals surface area contributed by atoms with E-state index in [2.05, 4.69) is 5.32 Å². The predicted molar refractivity (Wildman–Crippen MR) is 79.7 cm³/mol. The van der Waals surface area contributed by atoms with Crippen LogP contribution in [0.4, 0.5) is 5.69 Å². The van der Waals surface area contributed by atoms with Gasteiger partial charge in [-0.25, -0.2) is 0 Å². The van der Waals surface area contributed by atoms with Crippen LogP contribution >= 0.6 is 0 Å². The number of benzene rings is 1. The summed E-state index contributed by atoms with van der Waals surface area (Å²) in [6.07, 6.45) is 2.97. The molecule has 2 atom stereocenters. The quantitative estimate of drug-likeness (QED) is 0.728. The summed E-state index contributed by atoms with van der Waals surface area (Å²) in [5.74, 6) is 0.565. The Morgan fingerprint density at radius 1 is 1.29 bits per heavy atom. The lowest BCUT2D eigenvalue weighted by atomic mass is 9.92. The third-order valence-electron chi connectivity index (χ3n) is 3.86. The number of carbonyl (C=O) groups is 1. The first-order chi connectivity index (χ1) is 10.1. The van der Waals surface area contributed by atoms with E-state index in [1.54, 1.807) is 12.1 Å². The van der Waals surface area contributed by atoms with Gasteiger partial charge in [0, 0.05) is 6.07 Å². The molecule has 0 unspecified atom stereocenters. The van der Waals surface area contributed by atoms with Gasteiger partial charge in [0.15, 0.2) is 0 Å². The average molecular weight is 294 g/mol. The summed E-state index contributed by atoms with van der Waals surface area (Å²) in [7, 11) is 3.00. The Labute approximate surface area is 124 Å². The highest BCUT2D eigenvalue weighted by atomic mass is 16.5. The number of nitrogen functional groups attached to an aromatic ring is 1. The highest BCUT2D eigenvalue weighted by Gasteiger charge is 2.26. The molecule has 1 amide bonds. The second kappa shape index (κ2) is 6.67. The Hall–Kier alpha value is -1.95. The zero-order valence-electron chi connectivity index (χ0n) is 12.4. The van der Waals surface area contributed by atoms with E-state index in [1.165, 1.54) is 14.2 Å². The standard InChI is InChI=1S/C15H22N2O4/c1-20-9-7-10(14(16)13(8-9)21-2)15(19)17-11-5-3-4-6-12(11)18/h7-8,11-12,18H,3-6,16H2,1-2H3,(H,17,19)/t11-,12-/m0/s1. The van der Waals surface area contributed by atoms with Gasteiger partial charge >= 0.3 is 0 Å². The van der Waals surface area contributed by atoms with Crippen LogP contribution in [0.2, 0.25) is 0 Å². The molecular formula is C15H22N2O4. The summed E-state index contributed by atoms with van der Waals surface area (Å²) in [5, 5.41) is 12.8. The van der Waals surface area contributed by atoms with E-state index in [9.17, 15) is 9.90 Å². The first-order valence-electron chi connectivity index (χ1n) is 7.07. The van der Waals surface area contributed by atoms with E-state index in [0.29, 0.717) is 23.5 Å². The third kappa shape index (κ3) is 3.39. The molecule has 1 aliphatic rings. The molecule has 0 aliphatic heterocycles. The number of aliphatic hydroxyl groups excluding tert-OH is 1. The van der Waals surface area contributed by atoms with E-state index in [1.807, 2.05) is 0 Å². The second-order valence-corrected chi connectivity index (χ2v) is 5.22. The molecule has 0 heterocycles. The Kier molecular flexibility index (Phi) is 4.90. The highest BCUT2D eigenvalue weighted by Crippen LogP contribution is 2.31. The molecule has 0 radical (unpaired) electrons. The van der Waals surface area contributed by atoms with Crippen LogP contribution in [0.3, 0.4) is 0 Å². The maximum Gasteiger partial charge on any atom is 0.253 e.